The van der Waals surface area contributed by atoms with Gasteiger partial charge in [0.2, 0.25) is 5.91 Å². The van der Waals surface area contributed by atoms with E-state index in [4.69, 9.17) is 4.74 Å². The molecule has 23 heavy (non-hydrogen) atoms. The third-order valence-electron chi connectivity index (χ3n) is 3.71. The number of benzene rings is 1. The van der Waals surface area contributed by atoms with Crippen molar-refractivity contribution in [2.24, 2.45) is 0 Å². The molecule has 120 valence electrons. The third kappa shape index (κ3) is 3.97. The van der Waals surface area contributed by atoms with Gasteiger partial charge in [0.15, 0.2) is 0 Å². The smallest absolute Gasteiger partial charge is 0.341 e. The van der Waals surface area contributed by atoms with E-state index in [1.807, 2.05) is 30.3 Å². The van der Waals surface area contributed by atoms with Crippen molar-refractivity contribution in [3.8, 4) is 0 Å². The van der Waals surface area contributed by atoms with Gasteiger partial charge in [0.25, 0.3) is 0 Å². The van der Waals surface area contributed by atoms with Gasteiger partial charge < -0.3 is 15.4 Å². The first kappa shape index (κ1) is 15.7. The molecular formula is C17H18N2O3S. The molecule has 1 aromatic heterocycles. The van der Waals surface area contributed by atoms with Crippen LogP contribution in [0.4, 0.5) is 5.00 Å². The molecule has 1 amide bonds. The summed E-state index contributed by atoms with van der Waals surface area (Å²) in [6.45, 7) is 1.07. The summed E-state index contributed by atoms with van der Waals surface area (Å²) in [5.41, 5.74) is 1.33. The second kappa shape index (κ2) is 7.39. The predicted octanol–water partition coefficient (Wildman–Crippen LogP) is 2.80. The van der Waals surface area contributed by atoms with Gasteiger partial charge in [-0.15, -0.1) is 11.3 Å². The summed E-state index contributed by atoms with van der Waals surface area (Å²) in [7, 11) is 0. The lowest BCUT2D eigenvalue weighted by Crippen LogP contribution is -2.35. The lowest BCUT2D eigenvalue weighted by molar-refractivity contribution is -0.117. The zero-order valence-corrected chi connectivity index (χ0v) is 13.4. The van der Waals surface area contributed by atoms with Crippen molar-refractivity contribution < 1.29 is 14.3 Å². The van der Waals surface area contributed by atoms with Gasteiger partial charge in [0, 0.05) is 0 Å². The fourth-order valence-electron chi connectivity index (χ4n) is 2.48. The molecule has 1 atom stereocenters. The number of thiophene rings is 1. The second-order valence-corrected chi connectivity index (χ2v) is 6.28. The maximum absolute atomic E-state index is 12.2. The van der Waals surface area contributed by atoms with Gasteiger partial charge in [-0.05, 0) is 36.4 Å². The maximum Gasteiger partial charge on any atom is 0.341 e. The number of carbonyl (C=O) groups excluding carboxylic acids is 2. The molecule has 1 aliphatic rings. The van der Waals surface area contributed by atoms with Crippen LogP contribution in [-0.2, 0) is 16.1 Å². The number of carbonyl (C=O) groups is 2. The Morgan fingerprint density at radius 1 is 1.26 bits per heavy atom. The molecule has 1 aliphatic heterocycles. The number of nitrogens with one attached hydrogen (secondary N) is 2. The molecular weight excluding hydrogens is 312 g/mol. The first-order chi connectivity index (χ1) is 11.2. The summed E-state index contributed by atoms with van der Waals surface area (Å²) in [6, 6.07) is 11.0. The standard InChI is InChI=1S/C17H18N2O3S/c20-15(14-7-4-9-18-14)19-16-13(8-10-23-16)17(21)22-11-12-5-2-1-3-6-12/h1-3,5-6,8,10,14,18H,4,7,9,11H2,(H,19,20). The van der Waals surface area contributed by atoms with Crippen LogP contribution in [0, 0.1) is 0 Å². The van der Waals surface area contributed by atoms with Crippen molar-refractivity contribution in [1.82, 2.24) is 5.32 Å². The lowest BCUT2D eigenvalue weighted by atomic mass is 10.2. The molecule has 0 spiro atoms. The van der Waals surface area contributed by atoms with Gasteiger partial charge in [-0.25, -0.2) is 4.79 Å². The van der Waals surface area contributed by atoms with Crippen LogP contribution in [0.25, 0.3) is 0 Å². The lowest BCUT2D eigenvalue weighted by Gasteiger charge is -2.11. The fourth-order valence-corrected chi connectivity index (χ4v) is 3.25. The second-order valence-electron chi connectivity index (χ2n) is 5.36. The van der Waals surface area contributed by atoms with Gasteiger partial charge in [-0.2, -0.15) is 0 Å². The monoisotopic (exact) mass is 330 g/mol. The minimum Gasteiger partial charge on any atom is -0.457 e. The molecule has 1 aromatic carbocycles. The molecule has 1 saturated heterocycles. The highest BCUT2D eigenvalue weighted by molar-refractivity contribution is 7.14. The molecule has 1 fully saturated rings. The van der Waals surface area contributed by atoms with Gasteiger partial charge >= 0.3 is 5.97 Å². The zero-order chi connectivity index (χ0) is 16.1. The quantitative estimate of drug-likeness (QED) is 0.827. The van der Waals surface area contributed by atoms with Crippen molar-refractivity contribution in [1.29, 1.82) is 0 Å². The highest BCUT2D eigenvalue weighted by Gasteiger charge is 2.24. The Labute approximate surface area is 138 Å². The largest absolute Gasteiger partial charge is 0.457 e. The van der Waals surface area contributed by atoms with E-state index >= 15 is 0 Å². The minimum absolute atomic E-state index is 0.0953. The van der Waals surface area contributed by atoms with Crippen LogP contribution in [0.5, 0.6) is 0 Å². The average molecular weight is 330 g/mol. The van der Waals surface area contributed by atoms with Crippen molar-refractivity contribution in [3.63, 3.8) is 0 Å². The molecule has 5 nitrogen and oxygen atoms in total. The topological polar surface area (TPSA) is 67.4 Å². The Morgan fingerprint density at radius 3 is 2.83 bits per heavy atom. The number of rotatable bonds is 5. The number of ether oxygens (including phenoxy) is 1. The van der Waals surface area contributed by atoms with E-state index in [2.05, 4.69) is 10.6 Å². The van der Waals surface area contributed by atoms with Gasteiger partial charge in [0.1, 0.15) is 11.6 Å². The summed E-state index contributed by atoms with van der Waals surface area (Å²) < 4.78 is 5.32. The number of anilines is 1. The van der Waals surface area contributed by atoms with Crippen LogP contribution in [0.1, 0.15) is 28.8 Å². The predicted molar refractivity (Wildman–Crippen MR) is 89.5 cm³/mol. The first-order valence-corrected chi connectivity index (χ1v) is 8.45. The van der Waals surface area contributed by atoms with Crippen molar-refractivity contribution in [2.45, 2.75) is 25.5 Å². The van der Waals surface area contributed by atoms with Crippen LogP contribution < -0.4 is 10.6 Å². The van der Waals surface area contributed by atoms with Crippen LogP contribution in [0.3, 0.4) is 0 Å². The highest BCUT2D eigenvalue weighted by Crippen LogP contribution is 2.25. The molecule has 2 aromatic rings. The fraction of sp³-hybridized carbons (Fsp3) is 0.294. The van der Waals surface area contributed by atoms with Crippen molar-refractivity contribution >= 4 is 28.2 Å². The first-order valence-electron chi connectivity index (χ1n) is 7.57. The summed E-state index contributed by atoms with van der Waals surface area (Å²) in [6.07, 6.45) is 1.82. The van der Waals surface area contributed by atoms with E-state index < -0.39 is 5.97 Å². The Kier molecular flexibility index (Phi) is 5.05. The SMILES string of the molecule is O=C(OCc1ccccc1)c1ccsc1NC(=O)C1CCCN1. The maximum atomic E-state index is 12.2. The van der Waals surface area contributed by atoms with E-state index in [0.29, 0.717) is 10.6 Å². The minimum atomic E-state index is -0.426. The van der Waals surface area contributed by atoms with Crippen LogP contribution in [0.2, 0.25) is 0 Å². The van der Waals surface area contributed by atoms with Crippen molar-refractivity contribution in [3.05, 3.63) is 52.9 Å². The van der Waals surface area contributed by atoms with Crippen LogP contribution in [0.15, 0.2) is 41.8 Å². The Bertz CT molecular complexity index is 678. The normalized spacial score (nSPS) is 17.0. The van der Waals surface area contributed by atoms with Gasteiger partial charge in [-0.3, -0.25) is 4.79 Å². The summed E-state index contributed by atoms with van der Waals surface area (Å²) in [5, 5.41) is 8.29. The van der Waals surface area contributed by atoms with Gasteiger partial charge in [0.05, 0.1) is 11.6 Å². The summed E-state index contributed by atoms with van der Waals surface area (Å²) in [4.78, 5) is 24.4. The molecule has 1 unspecified atom stereocenters. The van der Waals surface area contributed by atoms with Gasteiger partial charge in [-0.1, -0.05) is 30.3 Å². The number of amides is 1. The molecule has 2 N–H and O–H groups in total. The van der Waals surface area contributed by atoms with E-state index in [-0.39, 0.29) is 18.6 Å². The Balaban J connectivity index is 1.60. The number of hydrogen-bond donors (Lipinski definition) is 2. The third-order valence-corrected chi connectivity index (χ3v) is 4.54. The molecule has 0 bridgehead atoms. The van der Waals surface area contributed by atoms with E-state index in [1.165, 1.54) is 11.3 Å². The summed E-state index contributed by atoms with van der Waals surface area (Å²) >= 11 is 1.33. The van der Waals surface area contributed by atoms with E-state index in [0.717, 1.165) is 24.9 Å². The molecule has 0 aliphatic carbocycles. The molecule has 2 heterocycles. The van der Waals surface area contributed by atoms with Crippen molar-refractivity contribution in [2.75, 3.05) is 11.9 Å². The summed E-state index contributed by atoms with van der Waals surface area (Å²) in [5.74, 6) is -0.521. The number of hydrogen-bond acceptors (Lipinski definition) is 5. The van der Waals surface area contributed by atoms with E-state index in [9.17, 15) is 9.59 Å². The average Bonchev–Trinajstić information content (AvgIpc) is 3.25. The van der Waals surface area contributed by atoms with E-state index in [1.54, 1.807) is 11.4 Å². The highest BCUT2D eigenvalue weighted by atomic mass is 32.1. The molecule has 0 radical (unpaired) electrons. The molecule has 3 rings (SSSR count). The Morgan fingerprint density at radius 2 is 2.09 bits per heavy atom. The zero-order valence-electron chi connectivity index (χ0n) is 12.6. The van der Waals surface area contributed by atoms with Crippen LogP contribution >= 0.6 is 11.3 Å². The Hall–Kier alpha value is -2.18. The number of esters is 1. The van der Waals surface area contributed by atoms with Crippen LogP contribution in [-0.4, -0.2) is 24.5 Å². The molecule has 0 saturated carbocycles. The molecule has 6 heteroatoms.